The minimum Gasteiger partial charge on any atom is -0.468 e. The van der Waals surface area contributed by atoms with E-state index in [0.717, 1.165) is 54.7 Å². The predicted octanol–water partition coefficient (Wildman–Crippen LogP) is 4.80. The Balaban J connectivity index is 1.59. The lowest BCUT2D eigenvalue weighted by atomic mass is 9.78. The Morgan fingerprint density at radius 2 is 1.85 bits per heavy atom. The Labute approximate surface area is 156 Å². The molecule has 1 N–H and O–H groups in total. The number of para-hydroxylation sites is 1. The van der Waals surface area contributed by atoms with Gasteiger partial charge in [-0.15, -0.1) is 0 Å². The van der Waals surface area contributed by atoms with Crippen LogP contribution in [0.25, 0.3) is 0 Å². The van der Waals surface area contributed by atoms with Gasteiger partial charge < -0.3 is 14.8 Å². The summed E-state index contributed by atoms with van der Waals surface area (Å²) in [4.78, 5) is 13.1. The summed E-state index contributed by atoms with van der Waals surface area (Å²) < 4.78 is 12.2. The fraction of sp³-hybridized carbons (Fsp3) is 0.591. The second-order valence-electron chi connectivity index (χ2n) is 8.16. The quantitative estimate of drug-likeness (QED) is 0.774. The van der Waals surface area contributed by atoms with Gasteiger partial charge in [0, 0.05) is 23.6 Å². The number of benzene rings is 1. The van der Waals surface area contributed by atoms with Crippen LogP contribution in [-0.2, 0) is 9.53 Å². The Kier molecular flexibility index (Phi) is 4.68. The molecule has 1 fully saturated rings. The van der Waals surface area contributed by atoms with E-state index in [-0.39, 0.29) is 18.0 Å². The lowest BCUT2D eigenvalue weighted by molar-refractivity contribution is -0.146. The third-order valence-electron chi connectivity index (χ3n) is 5.97. The molecule has 2 bridgehead atoms. The van der Waals surface area contributed by atoms with Crippen molar-refractivity contribution < 1.29 is 14.3 Å². The molecule has 0 aromatic heterocycles. The SMILES string of the molecule is CC1=C(C(=O)OC2CCCCCCC2)[C@H]2CC(C)(N1)Oc1ccccc12. The van der Waals surface area contributed by atoms with E-state index in [1.54, 1.807) is 0 Å². The highest BCUT2D eigenvalue weighted by Gasteiger charge is 2.45. The summed E-state index contributed by atoms with van der Waals surface area (Å²) in [5.74, 6) is 0.749. The van der Waals surface area contributed by atoms with Crippen LogP contribution >= 0.6 is 0 Å². The van der Waals surface area contributed by atoms with Gasteiger partial charge in [-0.2, -0.15) is 0 Å². The molecule has 0 radical (unpaired) electrons. The molecule has 1 saturated carbocycles. The topological polar surface area (TPSA) is 47.6 Å². The van der Waals surface area contributed by atoms with Crippen LogP contribution < -0.4 is 10.1 Å². The van der Waals surface area contributed by atoms with Gasteiger partial charge in [-0.1, -0.05) is 37.5 Å². The molecule has 1 aromatic carbocycles. The minimum atomic E-state index is -0.465. The van der Waals surface area contributed by atoms with Gasteiger partial charge in [-0.3, -0.25) is 0 Å². The van der Waals surface area contributed by atoms with Crippen molar-refractivity contribution in [1.29, 1.82) is 0 Å². The van der Waals surface area contributed by atoms with E-state index >= 15 is 0 Å². The number of carbonyl (C=O) groups is 1. The number of rotatable bonds is 2. The van der Waals surface area contributed by atoms with E-state index in [0.29, 0.717) is 0 Å². The van der Waals surface area contributed by atoms with Crippen LogP contribution in [0.5, 0.6) is 5.75 Å². The normalized spacial score (nSPS) is 28.9. The first-order chi connectivity index (χ1) is 12.6. The average molecular weight is 355 g/mol. The average Bonchev–Trinajstić information content (AvgIpc) is 2.56. The van der Waals surface area contributed by atoms with Crippen LogP contribution in [0.4, 0.5) is 0 Å². The van der Waals surface area contributed by atoms with Crippen LogP contribution in [0.15, 0.2) is 35.5 Å². The number of ether oxygens (including phenoxy) is 2. The molecule has 2 atom stereocenters. The third-order valence-corrected chi connectivity index (χ3v) is 5.97. The molecule has 2 aliphatic heterocycles. The van der Waals surface area contributed by atoms with Gasteiger partial charge >= 0.3 is 5.97 Å². The summed E-state index contributed by atoms with van der Waals surface area (Å²) in [6.45, 7) is 4.02. The molecular weight excluding hydrogens is 326 g/mol. The maximum absolute atomic E-state index is 13.1. The molecule has 1 aliphatic carbocycles. The summed E-state index contributed by atoms with van der Waals surface area (Å²) in [5, 5.41) is 3.41. The van der Waals surface area contributed by atoms with Crippen molar-refractivity contribution in [3.05, 3.63) is 41.1 Å². The second kappa shape index (κ2) is 6.98. The van der Waals surface area contributed by atoms with E-state index in [2.05, 4.69) is 18.3 Å². The van der Waals surface area contributed by atoms with E-state index in [9.17, 15) is 4.79 Å². The van der Waals surface area contributed by atoms with Crippen molar-refractivity contribution in [3.8, 4) is 5.75 Å². The van der Waals surface area contributed by atoms with Crippen molar-refractivity contribution >= 4 is 5.97 Å². The zero-order valence-electron chi connectivity index (χ0n) is 15.8. The number of esters is 1. The van der Waals surface area contributed by atoms with Gasteiger partial charge in [0.1, 0.15) is 11.9 Å². The van der Waals surface area contributed by atoms with Crippen LogP contribution in [-0.4, -0.2) is 17.8 Å². The summed E-state index contributed by atoms with van der Waals surface area (Å²) in [6, 6.07) is 8.05. The first kappa shape index (κ1) is 17.4. The molecule has 1 aromatic rings. The number of fused-ring (bicyclic) bond motifs is 4. The highest BCUT2D eigenvalue weighted by molar-refractivity contribution is 5.92. The predicted molar refractivity (Wildman–Crippen MR) is 101 cm³/mol. The van der Waals surface area contributed by atoms with E-state index in [1.807, 2.05) is 25.1 Å². The highest BCUT2D eigenvalue weighted by atomic mass is 16.5. The fourth-order valence-corrected chi connectivity index (χ4v) is 4.75. The van der Waals surface area contributed by atoms with Crippen LogP contribution in [0, 0.1) is 0 Å². The highest BCUT2D eigenvalue weighted by Crippen LogP contribution is 2.47. The Morgan fingerprint density at radius 3 is 2.62 bits per heavy atom. The van der Waals surface area contributed by atoms with Crippen LogP contribution in [0.2, 0.25) is 0 Å². The van der Waals surface area contributed by atoms with Crippen molar-refractivity contribution in [2.24, 2.45) is 0 Å². The standard InChI is InChI=1S/C22H29NO3/c1-15-20(21(24)25-16-10-6-4-3-5-7-11-16)18-14-22(2,23-15)26-19-13-9-8-12-17(18)19/h8-9,12-13,16,18,23H,3-7,10-11,14H2,1-2H3/t18-,22?/m0/s1. The van der Waals surface area contributed by atoms with Gasteiger partial charge in [-0.05, 0) is 45.6 Å². The largest absolute Gasteiger partial charge is 0.468 e. The summed E-state index contributed by atoms with van der Waals surface area (Å²) in [5.41, 5.74) is 2.29. The monoisotopic (exact) mass is 355 g/mol. The molecule has 4 nitrogen and oxygen atoms in total. The molecular formula is C22H29NO3. The smallest absolute Gasteiger partial charge is 0.336 e. The third kappa shape index (κ3) is 3.34. The van der Waals surface area contributed by atoms with Crippen molar-refractivity contribution in [3.63, 3.8) is 0 Å². The number of hydrogen-bond acceptors (Lipinski definition) is 4. The molecule has 0 amide bonds. The maximum atomic E-state index is 13.1. The van der Waals surface area contributed by atoms with Gasteiger partial charge in [0.25, 0.3) is 0 Å². The lowest BCUT2D eigenvalue weighted by Gasteiger charge is -2.45. The van der Waals surface area contributed by atoms with Crippen LogP contribution in [0.3, 0.4) is 0 Å². The molecule has 4 heteroatoms. The second-order valence-corrected chi connectivity index (χ2v) is 8.16. The molecule has 0 spiro atoms. The number of carbonyl (C=O) groups excluding carboxylic acids is 1. The van der Waals surface area contributed by atoms with Crippen LogP contribution in [0.1, 0.15) is 76.7 Å². The molecule has 1 unspecified atom stereocenters. The van der Waals surface area contributed by atoms with Gasteiger partial charge in [0.15, 0.2) is 5.72 Å². The molecule has 0 saturated heterocycles. The Morgan fingerprint density at radius 1 is 1.15 bits per heavy atom. The number of allylic oxidation sites excluding steroid dienone is 1. The van der Waals surface area contributed by atoms with Gasteiger partial charge in [0.2, 0.25) is 0 Å². The first-order valence-corrected chi connectivity index (χ1v) is 10.0. The lowest BCUT2D eigenvalue weighted by Crippen LogP contribution is -2.54. The molecule has 2 heterocycles. The molecule has 140 valence electrons. The minimum absolute atomic E-state index is 0.0345. The number of nitrogens with one attached hydrogen (secondary N) is 1. The zero-order valence-corrected chi connectivity index (χ0v) is 15.8. The fourth-order valence-electron chi connectivity index (χ4n) is 4.75. The maximum Gasteiger partial charge on any atom is 0.336 e. The van der Waals surface area contributed by atoms with Crippen molar-refractivity contribution in [2.75, 3.05) is 0 Å². The Bertz CT molecular complexity index is 718. The van der Waals surface area contributed by atoms with E-state index in [1.165, 1.54) is 19.3 Å². The zero-order chi connectivity index (χ0) is 18.1. The Hall–Kier alpha value is -1.97. The summed E-state index contributed by atoms with van der Waals surface area (Å²) in [7, 11) is 0. The molecule has 3 aliphatic rings. The summed E-state index contributed by atoms with van der Waals surface area (Å²) in [6.07, 6.45) is 8.93. The van der Waals surface area contributed by atoms with Gasteiger partial charge in [0.05, 0.1) is 5.57 Å². The number of hydrogen-bond donors (Lipinski definition) is 1. The summed E-state index contributed by atoms with van der Waals surface area (Å²) >= 11 is 0. The molecule has 4 rings (SSSR count). The van der Waals surface area contributed by atoms with Crippen molar-refractivity contribution in [1.82, 2.24) is 5.32 Å². The first-order valence-electron chi connectivity index (χ1n) is 10.0. The van der Waals surface area contributed by atoms with Gasteiger partial charge in [-0.25, -0.2) is 4.79 Å². The van der Waals surface area contributed by atoms with E-state index in [4.69, 9.17) is 9.47 Å². The van der Waals surface area contributed by atoms with E-state index < -0.39 is 5.72 Å². The molecule has 26 heavy (non-hydrogen) atoms. The van der Waals surface area contributed by atoms with Crippen molar-refractivity contribution in [2.45, 2.75) is 83.0 Å².